The fourth-order valence-corrected chi connectivity index (χ4v) is 44.7. The van der Waals surface area contributed by atoms with Gasteiger partial charge in [-0.25, -0.2) is 0 Å². The van der Waals surface area contributed by atoms with Crippen molar-refractivity contribution in [3.05, 3.63) is 11.8 Å². The molecule has 1 aliphatic heterocycles. The van der Waals surface area contributed by atoms with Crippen molar-refractivity contribution in [1.82, 2.24) is 0 Å². The van der Waals surface area contributed by atoms with Crippen molar-refractivity contribution in [3.8, 4) is 0 Å². The summed E-state index contributed by atoms with van der Waals surface area (Å²) in [7, 11) is 25.1. The van der Waals surface area contributed by atoms with Gasteiger partial charge < -0.3 is 0 Å². The normalized spacial score (nSPS) is 22.2. The Balaban J connectivity index is 2.56. The first-order valence-electron chi connectivity index (χ1n) is 7.03. The second kappa shape index (κ2) is 19.3. The Morgan fingerprint density at radius 1 is 1.21 bits per heavy atom. The number of carbonyl (C=O) groups is 1. The van der Waals surface area contributed by atoms with Crippen molar-refractivity contribution in [2.45, 2.75) is 31.7 Å². The van der Waals surface area contributed by atoms with E-state index in [-0.39, 0.29) is 24.1 Å². The van der Waals surface area contributed by atoms with Crippen LogP contribution in [0.1, 0.15) is 13.3 Å². The molecular weight excluding hydrogens is 641 g/mol. The summed E-state index contributed by atoms with van der Waals surface area (Å²) in [5.41, 5.74) is 0. The van der Waals surface area contributed by atoms with Crippen LogP contribution in [-0.2, 0) is 23.1 Å². The van der Waals surface area contributed by atoms with Crippen molar-refractivity contribution in [3.63, 3.8) is 0 Å². The zero-order chi connectivity index (χ0) is 20.8. The summed E-state index contributed by atoms with van der Waals surface area (Å²) in [5.74, 6) is -0.325. The van der Waals surface area contributed by atoms with Gasteiger partial charge in [-0.1, -0.05) is 0 Å². The van der Waals surface area contributed by atoms with E-state index < -0.39 is 12.9 Å². The molecule has 0 N–H and O–H groups in total. The van der Waals surface area contributed by atoms with E-state index in [1.165, 1.54) is 68.0 Å². The Labute approximate surface area is 190 Å². The number of hydrogen-bond donors (Lipinski definition) is 0. The maximum atomic E-state index is 12.4. The molecule has 5 unspecified atom stereocenters. The van der Waals surface area contributed by atoms with Gasteiger partial charge in [0.05, 0.1) is 0 Å². The van der Waals surface area contributed by atoms with E-state index in [2.05, 4.69) is 36.2 Å². The first kappa shape index (κ1) is 30.0. The molecule has 152 valence electrons. The third-order valence-electron chi connectivity index (χ3n) is 2.81. The SMILES string of the molecule is C[C@@H](OP)C1C[C@H](OP)C=C(C(=O)OP(#P)P=PP=PP=PP=PP=PP)O1. The van der Waals surface area contributed by atoms with Gasteiger partial charge in [0.2, 0.25) is 0 Å². The van der Waals surface area contributed by atoms with Crippen molar-refractivity contribution >= 4 is 125 Å². The summed E-state index contributed by atoms with van der Waals surface area (Å²) in [6, 6.07) is 0. The van der Waals surface area contributed by atoms with E-state index in [9.17, 15) is 4.79 Å². The van der Waals surface area contributed by atoms with Crippen LogP contribution in [0.4, 0.5) is 0 Å². The first-order chi connectivity index (χ1) is 13.5. The van der Waals surface area contributed by atoms with Crippen LogP contribution in [-0.4, -0.2) is 24.3 Å². The molecule has 1 aliphatic rings. The quantitative estimate of drug-likeness (QED) is 0.244. The number of ether oxygens (including phenoxy) is 1. The molecule has 7 atom stereocenters. The first-order valence-corrected chi connectivity index (χ1v) is 28.0. The molecular formula is C8H15O5P15. The molecule has 1 heterocycles. The molecule has 0 saturated carbocycles. The average Bonchev–Trinajstić information content (AvgIpc) is 2.71. The molecule has 0 fully saturated rings. The fraction of sp³-hybridized carbons (Fsp3) is 0.625. The van der Waals surface area contributed by atoms with Gasteiger partial charge in [-0.2, -0.15) is 0 Å². The summed E-state index contributed by atoms with van der Waals surface area (Å²) >= 11 is 0. The Kier molecular flexibility index (Phi) is 20.6. The molecule has 0 amide bonds. The maximum absolute atomic E-state index is 12.4. The average molecular weight is 656 g/mol. The Morgan fingerprint density at radius 2 is 1.82 bits per heavy atom. The van der Waals surface area contributed by atoms with Crippen LogP contribution in [0, 0.1) is 0 Å². The number of carbonyl (C=O) groups excluding carboxylic acids is 1. The van der Waals surface area contributed by atoms with E-state index in [4.69, 9.17) is 18.3 Å². The molecule has 20 heteroatoms. The third kappa shape index (κ3) is 13.6. The molecule has 0 aromatic heterocycles. The number of rotatable bonds is 8. The zero-order valence-electron chi connectivity index (χ0n) is 14.2. The van der Waals surface area contributed by atoms with Crippen LogP contribution in [0.15, 0.2) is 11.8 Å². The van der Waals surface area contributed by atoms with Crippen LogP contribution in [0.3, 0.4) is 0 Å². The molecule has 0 aromatic rings. The van der Waals surface area contributed by atoms with Gasteiger partial charge in [0.1, 0.15) is 0 Å². The monoisotopic (exact) mass is 656 g/mol. The molecule has 0 spiro atoms. The van der Waals surface area contributed by atoms with E-state index in [0.717, 1.165) is 7.56 Å². The van der Waals surface area contributed by atoms with Gasteiger partial charge in [0, 0.05) is 0 Å². The predicted octanol–water partition coefficient (Wildman–Crippen LogP) is 11.7. The Morgan fingerprint density at radius 3 is 2.39 bits per heavy atom. The van der Waals surface area contributed by atoms with Crippen molar-refractivity contribution in [1.29, 1.82) is 0 Å². The van der Waals surface area contributed by atoms with Gasteiger partial charge in [0.15, 0.2) is 0 Å². The Hall–Kier alpha value is 3.95. The fourth-order valence-electron chi connectivity index (χ4n) is 1.62. The second-order valence-corrected chi connectivity index (χ2v) is 32.8. The summed E-state index contributed by atoms with van der Waals surface area (Å²) in [6.45, 7) is 0.731. The zero-order valence-corrected chi connectivity index (χ0v) is 28.4. The van der Waals surface area contributed by atoms with E-state index in [1.807, 2.05) is 6.92 Å². The van der Waals surface area contributed by atoms with Crippen LogP contribution in [0.5, 0.6) is 0 Å². The number of hydrogen-bond acceptors (Lipinski definition) is 5. The van der Waals surface area contributed by atoms with Crippen LogP contribution in [0.25, 0.3) is 0 Å². The second-order valence-electron chi connectivity index (χ2n) is 4.49. The van der Waals surface area contributed by atoms with Gasteiger partial charge in [-0.05, 0) is 0 Å². The van der Waals surface area contributed by atoms with Gasteiger partial charge in [-0.3, -0.25) is 0 Å². The minimum absolute atomic E-state index is 0.168. The Bertz CT molecular complexity index is 749. The summed E-state index contributed by atoms with van der Waals surface area (Å²) in [5, 5.41) is 0. The summed E-state index contributed by atoms with van der Waals surface area (Å²) in [6.07, 6.45) is 1.56. The van der Waals surface area contributed by atoms with Crippen LogP contribution >= 0.6 is 119 Å². The summed E-state index contributed by atoms with van der Waals surface area (Å²) < 4.78 is 21.8. The molecule has 0 radical (unpaired) electrons. The van der Waals surface area contributed by atoms with Crippen LogP contribution < -0.4 is 0 Å². The topological polar surface area (TPSA) is 54.0 Å². The standard InChI is InChI=1S/C8H15O5P15/c1-4(11-14)6-2-5(12-15)3-7(10-6)8(9)13-28(17)27-26-25-24-23-22-21-20-19-18-16/h3-6H,2,14-16H2,1H3/t4-,5+,6?/m1/s1. The summed E-state index contributed by atoms with van der Waals surface area (Å²) in [4.78, 5) is 12.4. The van der Waals surface area contributed by atoms with E-state index >= 15 is 0 Å². The van der Waals surface area contributed by atoms with E-state index in [0.29, 0.717) is 6.42 Å². The van der Waals surface area contributed by atoms with Crippen molar-refractivity contribution in [2.75, 3.05) is 0 Å². The van der Waals surface area contributed by atoms with E-state index in [1.54, 1.807) is 6.08 Å². The van der Waals surface area contributed by atoms with Crippen molar-refractivity contribution in [2.24, 2.45) is 0 Å². The minimum atomic E-state index is -1.15. The molecule has 0 bridgehead atoms. The van der Waals surface area contributed by atoms with Crippen LogP contribution in [0.2, 0.25) is 0 Å². The molecule has 1 rings (SSSR count). The van der Waals surface area contributed by atoms with Gasteiger partial charge >= 0.3 is 191 Å². The van der Waals surface area contributed by atoms with Crippen molar-refractivity contribution < 1.29 is 23.1 Å². The van der Waals surface area contributed by atoms with Gasteiger partial charge in [-0.15, -0.1) is 0 Å². The predicted molar refractivity (Wildman–Crippen MR) is 151 cm³/mol. The molecule has 5 nitrogen and oxygen atoms in total. The molecule has 0 aliphatic carbocycles. The molecule has 0 aromatic carbocycles. The van der Waals surface area contributed by atoms with Gasteiger partial charge in [0.25, 0.3) is 0 Å². The molecule has 0 saturated heterocycles. The molecule has 28 heavy (non-hydrogen) atoms. The third-order valence-corrected chi connectivity index (χ3v) is 38.3.